The molecule has 0 saturated heterocycles. The van der Waals surface area contributed by atoms with Crippen molar-refractivity contribution in [2.45, 2.75) is 57.9 Å². The fraction of sp³-hybridized carbons (Fsp3) is 0.562. The van der Waals surface area contributed by atoms with Crippen LogP contribution in [0.4, 0.5) is 8.78 Å². The lowest BCUT2D eigenvalue weighted by atomic mass is 10.1. The van der Waals surface area contributed by atoms with Crippen LogP contribution in [-0.4, -0.2) is 9.55 Å². The summed E-state index contributed by atoms with van der Waals surface area (Å²) in [5.41, 5.74) is 0.681. The van der Waals surface area contributed by atoms with Gasteiger partial charge in [-0.25, -0.2) is 13.8 Å². The van der Waals surface area contributed by atoms with E-state index < -0.39 is 11.6 Å². The molecule has 0 fully saturated rings. The third-order valence-corrected chi connectivity index (χ3v) is 3.99. The molecule has 0 aliphatic heterocycles. The van der Waals surface area contributed by atoms with E-state index in [-0.39, 0.29) is 16.9 Å². The van der Waals surface area contributed by atoms with Gasteiger partial charge in [-0.15, -0.1) is 11.6 Å². The van der Waals surface area contributed by atoms with Gasteiger partial charge in [-0.3, -0.25) is 0 Å². The number of halogens is 3. The van der Waals surface area contributed by atoms with Crippen molar-refractivity contribution in [3.05, 3.63) is 29.6 Å². The Bertz CT molecular complexity index is 622. The minimum absolute atomic E-state index is 0.0362. The number of imidazole rings is 1. The molecule has 21 heavy (non-hydrogen) atoms. The monoisotopic (exact) mass is 314 g/mol. The Balaban J connectivity index is 2.52. The van der Waals surface area contributed by atoms with Crippen LogP contribution in [0.25, 0.3) is 11.0 Å². The van der Waals surface area contributed by atoms with Crippen LogP contribution in [0, 0.1) is 11.6 Å². The van der Waals surface area contributed by atoms with E-state index in [0.29, 0.717) is 11.3 Å². The number of benzene rings is 1. The highest BCUT2D eigenvalue weighted by molar-refractivity contribution is 6.20. The van der Waals surface area contributed by atoms with Crippen molar-refractivity contribution in [3.63, 3.8) is 0 Å². The van der Waals surface area contributed by atoms with Gasteiger partial charge in [0.05, 0.1) is 10.9 Å². The van der Waals surface area contributed by atoms with Crippen LogP contribution in [0.1, 0.15) is 63.7 Å². The largest absolute Gasteiger partial charge is 0.321 e. The number of rotatable bonds is 6. The number of unbranched alkanes of at least 4 members (excludes halogenated alkanes) is 2. The lowest BCUT2D eigenvalue weighted by molar-refractivity contribution is 0.460. The summed E-state index contributed by atoms with van der Waals surface area (Å²) in [6.45, 7) is 5.94. The first kappa shape index (κ1) is 16.2. The topological polar surface area (TPSA) is 17.8 Å². The fourth-order valence-corrected chi connectivity index (χ4v) is 2.84. The van der Waals surface area contributed by atoms with Crippen molar-refractivity contribution in [3.8, 4) is 0 Å². The fourth-order valence-electron chi connectivity index (χ4n) is 2.69. The molecule has 1 heterocycles. The van der Waals surface area contributed by atoms with Crippen molar-refractivity contribution in [2.24, 2.45) is 0 Å². The van der Waals surface area contributed by atoms with E-state index in [0.717, 1.165) is 31.7 Å². The van der Waals surface area contributed by atoms with Crippen molar-refractivity contribution >= 4 is 22.6 Å². The van der Waals surface area contributed by atoms with Crippen LogP contribution in [0.3, 0.4) is 0 Å². The van der Waals surface area contributed by atoms with Crippen LogP contribution in [0.2, 0.25) is 0 Å². The summed E-state index contributed by atoms with van der Waals surface area (Å²) >= 11 is 6.18. The third-order valence-electron chi connectivity index (χ3n) is 3.79. The second kappa shape index (κ2) is 6.73. The number of alkyl halides is 1. The zero-order valence-corrected chi connectivity index (χ0v) is 13.4. The maximum atomic E-state index is 14.2. The molecule has 0 aliphatic rings. The molecular formula is C16H21ClF2N2. The van der Waals surface area contributed by atoms with Gasteiger partial charge in [0.2, 0.25) is 0 Å². The molecule has 5 heteroatoms. The SMILES string of the molecule is CCCCCC(C)n1c(C(C)Cl)nc2ccc(F)c(F)c21. The van der Waals surface area contributed by atoms with E-state index >= 15 is 0 Å². The first-order valence-electron chi connectivity index (χ1n) is 7.47. The molecule has 2 unspecified atom stereocenters. The summed E-state index contributed by atoms with van der Waals surface area (Å²) in [4.78, 5) is 4.39. The molecule has 0 amide bonds. The average molecular weight is 315 g/mol. The minimum Gasteiger partial charge on any atom is -0.321 e. The number of hydrogen-bond acceptors (Lipinski definition) is 1. The zero-order valence-electron chi connectivity index (χ0n) is 12.7. The molecule has 2 rings (SSSR count). The summed E-state index contributed by atoms with van der Waals surface area (Å²) in [6, 6.07) is 2.65. The van der Waals surface area contributed by atoms with E-state index in [9.17, 15) is 8.78 Å². The highest BCUT2D eigenvalue weighted by atomic mass is 35.5. The van der Waals surface area contributed by atoms with Gasteiger partial charge in [-0.1, -0.05) is 26.2 Å². The second-order valence-electron chi connectivity index (χ2n) is 5.53. The molecule has 1 aromatic heterocycles. The Morgan fingerprint density at radius 3 is 2.57 bits per heavy atom. The lowest BCUT2D eigenvalue weighted by Gasteiger charge is -2.19. The van der Waals surface area contributed by atoms with E-state index in [2.05, 4.69) is 11.9 Å². The molecule has 0 aliphatic carbocycles. The van der Waals surface area contributed by atoms with Crippen molar-refractivity contribution in [1.82, 2.24) is 9.55 Å². The van der Waals surface area contributed by atoms with Gasteiger partial charge in [0.1, 0.15) is 11.3 Å². The molecular weight excluding hydrogens is 294 g/mol. The van der Waals surface area contributed by atoms with Gasteiger partial charge >= 0.3 is 0 Å². The standard InChI is InChI=1S/C16H21ClF2N2/c1-4-5-6-7-10(2)21-15-13(20-16(21)11(3)17)9-8-12(18)14(15)19/h8-11H,4-7H2,1-3H3. The summed E-state index contributed by atoms with van der Waals surface area (Å²) in [5, 5.41) is -0.353. The van der Waals surface area contributed by atoms with Gasteiger partial charge in [0.25, 0.3) is 0 Å². The summed E-state index contributed by atoms with van der Waals surface area (Å²) in [5.74, 6) is -1.09. The normalized spacial score (nSPS) is 14.6. The third kappa shape index (κ3) is 3.20. The molecule has 0 saturated carbocycles. The van der Waals surface area contributed by atoms with Gasteiger partial charge in [0.15, 0.2) is 11.6 Å². The second-order valence-corrected chi connectivity index (χ2v) is 6.18. The molecule has 1 aromatic carbocycles. The van der Waals surface area contributed by atoms with Crippen molar-refractivity contribution in [1.29, 1.82) is 0 Å². The molecule has 0 spiro atoms. The predicted octanol–water partition coefficient (Wildman–Crippen LogP) is 5.76. The number of fused-ring (bicyclic) bond motifs is 1. The van der Waals surface area contributed by atoms with Crippen LogP contribution >= 0.6 is 11.6 Å². The average Bonchev–Trinajstić information content (AvgIpc) is 2.83. The number of nitrogens with zero attached hydrogens (tertiary/aromatic N) is 2. The summed E-state index contributed by atoms with van der Waals surface area (Å²) < 4.78 is 29.5. The van der Waals surface area contributed by atoms with Crippen LogP contribution < -0.4 is 0 Å². The molecule has 0 N–H and O–H groups in total. The Morgan fingerprint density at radius 1 is 1.24 bits per heavy atom. The Morgan fingerprint density at radius 2 is 1.95 bits per heavy atom. The maximum Gasteiger partial charge on any atom is 0.184 e. The van der Waals surface area contributed by atoms with Crippen LogP contribution in [-0.2, 0) is 0 Å². The van der Waals surface area contributed by atoms with E-state index in [4.69, 9.17) is 11.6 Å². The van der Waals surface area contributed by atoms with Crippen molar-refractivity contribution in [2.75, 3.05) is 0 Å². The van der Waals surface area contributed by atoms with Gasteiger partial charge in [0, 0.05) is 6.04 Å². The molecule has 0 radical (unpaired) electrons. The van der Waals surface area contributed by atoms with Gasteiger partial charge in [-0.2, -0.15) is 0 Å². The Labute approximate surface area is 129 Å². The van der Waals surface area contributed by atoms with Gasteiger partial charge in [-0.05, 0) is 32.4 Å². The maximum absolute atomic E-state index is 14.2. The molecule has 2 atom stereocenters. The van der Waals surface area contributed by atoms with E-state index in [1.165, 1.54) is 6.07 Å². The lowest BCUT2D eigenvalue weighted by Crippen LogP contribution is -2.11. The molecule has 116 valence electrons. The van der Waals surface area contributed by atoms with Gasteiger partial charge < -0.3 is 4.57 Å². The highest BCUT2D eigenvalue weighted by Gasteiger charge is 2.22. The van der Waals surface area contributed by atoms with E-state index in [1.54, 1.807) is 11.5 Å². The Hall–Kier alpha value is -1.16. The zero-order chi connectivity index (χ0) is 15.6. The number of aromatic nitrogens is 2. The number of hydrogen-bond donors (Lipinski definition) is 0. The summed E-state index contributed by atoms with van der Waals surface area (Å²) in [6.07, 6.45) is 4.19. The first-order chi connectivity index (χ1) is 9.97. The highest BCUT2D eigenvalue weighted by Crippen LogP contribution is 2.32. The molecule has 2 aromatic rings. The van der Waals surface area contributed by atoms with E-state index in [1.807, 2.05) is 6.92 Å². The summed E-state index contributed by atoms with van der Waals surface area (Å²) in [7, 11) is 0. The Kier molecular flexibility index (Phi) is 5.20. The predicted molar refractivity (Wildman–Crippen MR) is 82.8 cm³/mol. The van der Waals surface area contributed by atoms with Crippen molar-refractivity contribution < 1.29 is 8.78 Å². The quantitative estimate of drug-likeness (QED) is 0.490. The molecule has 2 nitrogen and oxygen atoms in total. The molecule has 0 bridgehead atoms. The van der Waals surface area contributed by atoms with Crippen LogP contribution in [0.15, 0.2) is 12.1 Å². The minimum atomic E-state index is -0.849. The van der Waals surface area contributed by atoms with Crippen LogP contribution in [0.5, 0.6) is 0 Å². The smallest absolute Gasteiger partial charge is 0.184 e. The first-order valence-corrected chi connectivity index (χ1v) is 7.90.